The number of benzene rings is 1. The van der Waals surface area contributed by atoms with Crippen LogP contribution in [0.5, 0.6) is 0 Å². The van der Waals surface area contributed by atoms with E-state index in [0.717, 1.165) is 10.5 Å². The van der Waals surface area contributed by atoms with Crippen molar-refractivity contribution in [1.82, 2.24) is 9.80 Å². The Morgan fingerprint density at radius 1 is 1.23 bits per heavy atom. The average molecular weight is 370 g/mol. The predicted octanol–water partition coefficient (Wildman–Crippen LogP) is 3.81. The maximum Gasteiger partial charge on any atom is 0.471 e. The summed E-state index contributed by atoms with van der Waals surface area (Å²) in [5.41, 5.74) is -0.0656. The van der Waals surface area contributed by atoms with Crippen LogP contribution in [0, 0.1) is 0 Å². The highest BCUT2D eigenvalue weighted by Crippen LogP contribution is 2.47. The van der Waals surface area contributed by atoms with Crippen LogP contribution in [-0.4, -0.2) is 51.2 Å². The summed E-state index contributed by atoms with van der Waals surface area (Å²) in [6, 6.07) is 7.63. The van der Waals surface area contributed by atoms with Gasteiger partial charge < -0.3 is 14.9 Å². The van der Waals surface area contributed by atoms with Crippen LogP contribution in [0.25, 0.3) is 0 Å². The van der Waals surface area contributed by atoms with Gasteiger partial charge in [0.25, 0.3) is 0 Å². The fourth-order valence-corrected chi connectivity index (χ4v) is 3.81. The van der Waals surface area contributed by atoms with Crippen molar-refractivity contribution in [3.63, 3.8) is 0 Å². The van der Waals surface area contributed by atoms with Gasteiger partial charge in [-0.05, 0) is 38.2 Å². The number of carboxylic acid groups (broad SMARTS) is 1. The largest absolute Gasteiger partial charge is 0.471 e. The van der Waals surface area contributed by atoms with Gasteiger partial charge in [0.15, 0.2) is 0 Å². The zero-order chi connectivity index (χ0) is 19.1. The first kappa shape index (κ1) is 18.5. The molecule has 26 heavy (non-hydrogen) atoms. The summed E-state index contributed by atoms with van der Waals surface area (Å²) in [6.45, 7) is 1.76. The molecule has 0 bridgehead atoms. The van der Waals surface area contributed by atoms with Crippen LogP contribution in [0.4, 0.5) is 18.0 Å². The van der Waals surface area contributed by atoms with Gasteiger partial charge in [-0.15, -0.1) is 0 Å². The topological polar surface area (TPSA) is 60.9 Å². The van der Waals surface area contributed by atoms with Gasteiger partial charge in [-0.1, -0.05) is 30.3 Å². The molecule has 3 rings (SSSR count). The highest BCUT2D eigenvalue weighted by Gasteiger charge is 2.56. The Labute approximate surface area is 149 Å². The predicted molar refractivity (Wildman–Crippen MR) is 87.5 cm³/mol. The van der Waals surface area contributed by atoms with Gasteiger partial charge in [0, 0.05) is 18.1 Å². The second-order valence-corrected chi connectivity index (χ2v) is 7.25. The molecule has 0 spiro atoms. The number of piperidine rings is 1. The lowest BCUT2D eigenvalue weighted by Crippen LogP contribution is -2.56. The van der Waals surface area contributed by atoms with Gasteiger partial charge in [-0.2, -0.15) is 13.2 Å². The fourth-order valence-electron chi connectivity index (χ4n) is 3.81. The van der Waals surface area contributed by atoms with Crippen molar-refractivity contribution in [2.75, 3.05) is 6.54 Å². The van der Waals surface area contributed by atoms with Crippen LogP contribution >= 0.6 is 0 Å². The molecular weight excluding hydrogens is 349 g/mol. The Bertz CT molecular complexity index is 689. The fraction of sp³-hybridized carbons (Fsp3) is 0.556. The van der Waals surface area contributed by atoms with Gasteiger partial charge in [-0.25, -0.2) is 4.79 Å². The summed E-state index contributed by atoms with van der Waals surface area (Å²) in [7, 11) is 0. The molecular formula is C18H21F3N2O3. The van der Waals surface area contributed by atoms with Gasteiger partial charge >= 0.3 is 18.2 Å². The van der Waals surface area contributed by atoms with E-state index in [1.807, 2.05) is 0 Å². The van der Waals surface area contributed by atoms with Crippen molar-refractivity contribution in [3.05, 3.63) is 35.9 Å². The minimum absolute atomic E-state index is 0.0945. The lowest BCUT2D eigenvalue weighted by molar-refractivity contribution is -0.192. The Morgan fingerprint density at radius 3 is 2.35 bits per heavy atom. The molecule has 1 N–H and O–H groups in total. The summed E-state index contributed by atoms with van der Waals surface area (Å²) in [4.78, 5) is 25.9. The standard InChI is InChI=1S/C18H21F3N2O3/c1-17(8-9-17)23(15(24)18(19,20)21)13-7-10-22(16(25)26)14(11-13)12-5-3-2-4-6-12/h2-6,13-14H,7-11H2,1H3,(H,25,26)/t13-,14+/m1/s1. The zero-order valence-electron chi connectivity index (χ0n) is 14.4. The van der Waals surface area contributed by atoms with Crippen molar-refractivity contribution in [2.45, 2.75) is 56.4 Å². The Morgan fingerprint density at radius 2 is 1.85 bits per heavy atom. The number of carbonyl (C=O) groups is 2. The molecule has 0 unspecified atom stereocenters. The lowest BCUT2D eigenvalue weighted by Gasteiger charge is -2.45. The third kappa shape index (κ3) is 3.50. The van der Waals surface area contributed by atoms with Crippen LogP contribution in [0.1, 0.15) is 44.2 Å². The van der Waals surface area contributed by atoms with E-state index in [0.29, 0.717) is 12.8 Å². The monoisotopic (exact) mass is 370 g/mol. The molecule has 2 fully saturated rings. The second kappa shape index (κ2) is 6.48. The third-order valence-electron chi connectivity index (χ3n) is 5.39. The highest BCUT2D eigenvalue weighted by atomic mass is 19.4. The number of carbonyl (C=O) groups excluding carboxylic acids is 1. The molecule has 142 valence electrons. The molecule has 1 saturated carbocycles. The number of hydrogen-bond donors (Lipinski definition) is 1. The first-order chi connectivity index (χ1) is 12.1. The van der Waals surface area contributed by atoms with Gasteiger partial charge in [0.05, 0.1) is 6.04 Å². The van der Waals surface area contributed by atoms with E-state index in [4.69, 9.17) is 0 Å². The number of nitrogens with zero attached hydrogens (tertiary/aromatic N) is 2. The van der Waals surface area contributed by atoms with E-state index in [1.165, 1.54) is 4.90 Å². The van der Waals surface area contributed by atoms with Crippen LogP contribution in [0.15, 0.2) is 30.3 Å². The quantitative estimate of drug-likeness (QED) is 0.880. The van der Waals surface area contributed by atoms with E-state index in [2.05, 4.69) is 0 Å². The summed E-state index contributed by atoms with van der Waals surface area (Å²) in [5.74, 6) is -1.82. The Hall–Kier alpha value is -2.25. The number of halogens is 3. The van der Waals surface area contributed by atoms with E-state index >= 15 is 0 Å². The molecule has 0 radical (unpaired) electrons. The molecule has 8 heteroatoms. The summed E-state index contributed by atoms with van der Waals surface area (Å²) in [6.07, 6.45) is -4.62. The number of rotatable bonds is 3. The second-order valence-electron chi connectivity index (χ2n) is 7.25. The van der Waals surface area contributed by atoms with Gasteiger partial charge in [0.1, 0.15) is 0 Å². The lowest BCUT2D eigenvalue weighted by atomic mass is 9.90. The SMILES string of the molecule is CC1(N(C(=O)C(F)(F)F)[C@@H]2CCN(C(=O)O)[C@H](c3ccccc3)C2)CC1. The first-order valence-electron chi connectivity index (χ1n) is 8.58. The molecule has 0 aromatic heterocycles. The van der Waals surface area contributed by atoms with Crippen LogP contribution < -0.4 is 0 Å². The molecule has 1 aromatic rings. The molecule has 1 saturated heterocycles. The molecule has 1 heterocycles. The summed E-state index contributed by atoms with van der Waals surface area (Å²) < 4.78 is 39.4. The molecule has 1 aliphatic carbocycles. The molecule has 1 aliphatic heterocycles. The van der Waals surface area contributed by atoms with E-state index in [-0.39, 0.29) is 19.4 Å². The number of amides is 2. The first-order valence-corrected chi connectivity index (χ1v) is 8.58. The van der Waals surface area contributed by atoms with Crippen molar-refractivity contribution in [2.24, 2.45) is 0 Å². The molecule has 5 nitrogen and oxygen atoms in total. The number of alkyl halides is 3. The Balaban J connectivity index is 1.90. The maximum absolute atomic E-state index is 13.1. The van der Waals surface area contributed by atoms with Crippen LogP contribution in [0.2, 0.25) is 0 Å². The maximum atomic E-state index is 13.1. The van der Waals surface area contributed by atoms with Gasteiger partial charge in [-0.3, -0.25) is 4.79 Å². The normalized spacial score (nSPS) is 24.8. The average Bonchev–Trinajstić information content (AvgIpc) is 3.32. The van der Waals surface area contributed by atoms with Crippen molar-refractivity contribution in [3.8, 4) is 0 Å². The minimum atomic E-state index is -4.93. The minimum Gasteiger partial charge on any atom is -0.465 e. The number of hydrogen-bond acceptors (Lipinski definition) is 2. The number of likely N-dealkylation sites (tertiary alicyclic amines) is 1. The Kier molecular flexibility index (Phi) is 4.62. The smallest absolute Gasteiger partial charge is 0.465 e. The van der Waals surface area contributed by atoms with Crippen LogP contribution in [0.3, 0.4) is 0 Å². The van der Waals surface area contributed by atoms with E-state index < -0.39 is 35.8 Å². The summed E-state index contributed by atoms with van der Waals surface area (Å²) in [5, 5.41) is 9.47. The molecule has 2 amide bonds. The van der Waals surface area contributed by atoms with Crippen molar-refractivity contribution in [1.29, 1.82) is 0 Å². The molecule has 1 aromatic carbocycles. The van der Waals surface area contributed by atoms with E-state index in [1.54, 1.807) is 37.3 Å². The van der Waals surface area contributed by atoms with Crippen molar-refractivity contribution >= 4 is 12.0 Å². The zero-order valence-corrected chi connectivity index (χ0v) is 14.4. The van der Waals surface area contributed by atoms with E-state index in [9.17, 15) is 27.9 Å². The third-order valence-corrected chi connectivity index (χ3v) is 5.39. The molecule has 2 aliphatic rings. The van der Waals surface area contributed by atoms with Crippen molar-refractivity contribution < 1.29 is 27.9 Å². The molecule has 2 atom stereocenters. The summed E-state index contributed by atoms with van der Waals surface area (Å²) >= 11 is 0. The highest BCUT2D eigenvalue weighted by molar-refractivity contribution is 5.83. The van der Waals surface area contributed by atoms with Gasteiger partial charge in [0.2, 0.25) is 0 Å². The van der Waals surface area contributed by atoms with Crippen LogP contribution in [-0.2, 0) is 4.79 Å².